The summed E-state index contributed by atoms with van der Waals surface area (Å²) in [6, 6.07) is 0. The Balaban J connectivity index is 0. The van der Waals surface area contributed by atoms with E-state index in [0.29, 0.717) is 0 Å². The van der Waals surface area contributed by atoms with Gasteiger partial charge in [0.25, 0.3) is 0 Å². The van der Waals surface area contributed by atoms with Crippen molar-refractivity contribution in [3.8, 4) is 0 Å². The van der Waals surface area contributed by atoms with Gasteiger partial charge in [-0.2, -0.15) is 0 Å². The van der Waals surface area contributed by atoms with Crippen LogP contribution in [0.15, 0.2) is 0 Å². The number of carbonyl (C=O) groups is 2. The molecule has 0 aliphatic rings. The molecule has 0 heterocycles. The molecular weight excluding hydrogens is 324 g/mol. The topological polar surface area (TPSA) is 34.1 Å². The quantitative estimate of drug-likeness (QED) is 0.693. The van der Waals surface area contributed by atoms with Gasteiger partial charge in [-0.05, 0) is 13.8 Å². The van der Waals surface area contributed by atoms with Crippen molar-refractivity contribution in [1.29, 1.82) is 0 Å². The third-order valence-electron chi connectivity index (χ3n) is 0.498. The van der Waals surface area contributed by atoms with Gasteiger partial charge in [0.05, 0.1) is 6.42 Å². The number of carbonyl (C=O) groups excluding carboxylic acids is 2. The van der Waals surface area contributed by atoms with E-state index in [9.17, 15) is 9.59 Å². The van der Waals surface area contributed by atoms with Crippen molar-refractivity contribution in [2.45, 2.75) is 20.3 Å². The molecule has 0 radical (unpaired) electrons. The zero-order chi connectivity index (χ0) is 5.86. The third-order valence-corrected chi connectivity index (χ3v) is 0.498. The Morgan fingerprint density at radius 1 is 1.12 bits per heavy atom. The van der Waals surface area contributed by atoms with E-state index in [1.54, 1.807) is 0 Å². The molecule has 0 aliphatic heterocycles. The zero-order valence-electron chi connectivity index (χ0n) is 5.02. The summed E-state index contributed by atoms with van der Waals surface area (Å²) in [7, 11) is 0. The Morgan fingerprint density at radius 2 is 1.38 bits per heavy atom. The second-order valence-electron chi connectivity index (χ2n) is 1.58. The summed E-state index contributed by atoms with van der Waals surface area (Å²) in [5.41, 5.74) is 0. The van der Waals surface area contributed by atoms with E-state index in [1.165, 1.54) is 13.8 Å². The van der Waals surface area contributed by atoms with Gasteiger partial charge < -0.3 is 0 Å². The van der Waals surface area contributed by atoms with Gasteiger partial charge in [0.2, 0.25) is 0 Å². The molecule has 44 valence electrons. The van der Waals surface area contributed by atoms with Gasteiger partial charge in [-0.15, -0.1) is 0 Å². The molecule has 0 unspecified atom stereocenters. The van der Waals surface area contributed by atoms with Crippen molar-refractivity contribution in [3.05, 3.63) is 0 Å². The third kappa shape index (κ3) is 9.83. The molecule has 0 fully saturated rings. The number of rotatable bonds is 2. The first kappa shape index (κ1) is 11.5. The van der Waals surface area contributed by atoms with Crippen LogP contribution in [0.2, 0.25) is 0 Å². The van der Waals surface area contributed by atoms with Crippen molar-refractivity contribution in [2.24, 2.45) is 0 Å². The molecule has 0 saturated heterocycles. The SMILES string of the molecule is CC(=O)CC(C)=O.[Th]. The van der Waals surface area contributed by atoms with E-state index in [-0.39, 0.29) is 57.9 Å². The monoisotopic (exact) mass is 332 g/mol. The summed E-state index contributed by atoms with van der Waals surface area (Å²) in [5.74, 6) is -0.125. The predicted octanol–water partition coefficient (Wildman–Crippen LogP) is 0.554. The molecular formula is C5H8O2Th. The molecule has 0 atom stereocenters. The average Bonchev–Trinajstić information content (AvgIpc) is 1.27. The van der Waals surface area contributed by atoms with Crippen LogP contribution in [0.4, 0.5) is 0 Å². The van der Waals surface area contributed by atoms with Crippen LogP contribution in [-0.4, -0.2) is 11.6 Å². The maximum Gasteiger partial charge on any atom is 0.137 e. The smallest absolute Gasteiger partial charge is 0.137 e. The van der Waals surface area contributed by atoms with Gasteiger partial charge in [0.1, 0.15) is 11.6 Å². The minimum atomic E-state index is -0.0625. The van der Waals surface area contributed by atoms with Crippen molar-refractivity contribution in [1.82, 2.24) is 0 Å². The van der Waals surface area contributed by atoms with E-state index in [2.05, 4.69) is 0 Å². The molecule has 8 heavy (non-hydrogen) atoms. The Hall–Kier alpha value is 0.665. The Bertz CT molecular complexity index is 86.6. The first-order valence-electron chi connectivity index (χ1n) is 2.12. The Morgan fingerprint density at radius 3 is 1.38 bits per heavy atom. The molecule has 0 saturated carbocycles. The molecule has 0 aromatic carbocycles. The summed E-state index contributed by atoms with van der Waals surface area (Å²) in [6.45, 7) is 2.81. The molecule has 2 nitrogen and oxygen atoms in total. The van der Waals surface area contributed by atoms with Crippen LogP contribution in [-0.2, 0) is 9.59 Å². The van der Waals surface area contributed by atoms with Crippen molar-refractivity contribution < 1.29 is 49.5 Å². The molecule has 0 aromatic rings. The van der Waals surface area contributed by atoms with Crippen molar-refractivity contribution in [2.75, 3.05) is 0 Å². The minimum Gasteiger partial charge on any atom is -0.300 e. The van der Waals surface area contributed by atoms with Crippen LogP contribution in [0, 0.1) is 39.9 Å². The average molecular weight is 332 g/mol. The van der Waals surface area contributed by atoms with Gasteiger partial charge in [-0.1, -0.05) is 0 Å². The Kier molecular flexibility index (Phi) is 8.30. The standard InChI is InChI=1S/C5H8O2.Th/c1-4(6)3-5(2)7;/h3H2,1-2H3;. The van der Waals surface area contributed by atoms with Crippen LogP contribution >= 0.6 is 0 Å². The molecule has 3 heteroatoms. The second-order valence-corrected chi connectivity index (χ2v) is 1.58. The molecule has 0 rings (SSSR count). The second kappa shape index (κ2) is 5.80. The van der Waals surface area contributed by atoms with Gasteiger partial charge >= 0.3 is 0 Å². The van der Waals surface area contributed by atoms with Gasteiger partial charge in [-0.3, -0.25) is 9.59 Å². The molecule has 0 aromatic heterocycles. The summed E-state index contributed by atoms with van der Waals surface area (Å²) >= 11 is 0. The largest absolute Gasteiger partial charge is 0.300 e. The van der Waals surface area contributed by atoms with Crippen LogP contribution in [0.25, 0.3) is 0 Å². The maximum absolute atomic E-state index is 10.0. The molecule has 0 bridgehead atoms. The number of hydrogen-bond acceptors (Lipinski definition) is 2. The van der Waals surface area contributed by atoms with Gasteiger partial charge in [0, 0.05) is 39.9 Å². The minimum absolute atomic E-state index is 0. The van der Waals surface area contributed by atoms with E-state index in [0.717, 1.165) is 0 Å². The van der Waals surface area contributed by atoms with E-state index in [4.69, 9.17) is 0 Å². The molecule has 0 spiro atoms. The van der Waals surface area contributed by atoms with E-state index < -0.39 is 0 Å². The summed E-state index contributed by atoms with van der Waals surface area (Å²) in [5, 5.41) is 0. The first-order valence-corrected chi connectivity index (χ1v) is 2.12. The molecule has 0 aliphatic carbocycles. The summed E-state index contributed by atoms with van der Waals surface area (Å²) < 4.78 is 0. The fourth-order valence-corrected chi connectivity index (χ4v) is 0.351. The molecule has 0 N–H and O–H groups in total. The fourth-order valence-electron chi connectivity index (χ4n) is 0.351. The summed E-state index contributed by atoms with van der Waals surface area (Å²) in [4.78, 5) is 20.1. The van der Waals surface area contributed by atoms with Gasteiger partial charge in [0.15, 0.2) is 0 Å². The van der Waals surface area contributed by atoms with Crippen LogP contribution in [0.3, 0.4) is 0 Å². The van der Waals surface area contributed by atoms with Gasteiger partial charge in [-0.25, -0.2) is 0 Å². The molecule has 0 amide bonds. The van der Waals surface area contributed by atoms with Crippen LogP contribution in [0.5, 0.6) is 0 Å². The van der Waals surface area contributed by atoms with Crippen molar-refractivity contribution >= 4 is 11.6 Å². The van der Waals surface area contributed by atoms with Crippen LogP contribution < -0.4 is 0 Å². The van der Waals surface area contributed by atoms with E-state index >= 15 is 0 Å². The van der Waals surface area contributed by atoms with E-state index in [1.807, 2.05) is 0 Å². The summed E-state index contributed by atoms with van der Waals surface area (Å²) in [6.07, 6.45) is 0.0833. The fraction of sp³-hybridized carbons (Fsp3) is 0.600. The number of ketones is 2. The first-order chi connectivity index (χ1) is 3.13. The normalized spacial score (nSPS) is 7.25. The predicted molar refractivity (Wildman–Crippen MR) is 26.0 cm³/mol. The van der Waals surface area contributed by atoms with Crippen molar-refractivity contribution in [3.63, 3.8) is 0 Å². The van der Waals surface area contributed by atoms with Crippen LogP contribution in [0.1, 0.15) is 20.3 Å². The maximum atomic E-state index is 10.0. The Labute approximate surface area is 80.7 Å². The zero-order valence-corrected chi connectivity index (χ0v) is 9.13. The number of hydrogen-bond donors (Lipinski definition) is 0. The number of Topliss-reactive ketones (excluding diaryl/α,β-unsaturated/α-hetero) is 2.